The van der Waals surface area contributed by atoms with E-state index in [-0.39, 0.29) is 6.10 Å². The average Bonchev–Trinajstić information content (AvgIpc) is 2.34. The first-order chi connectivity index (χ1) is 8.65. The molecule has 2 N–H and O–H groups in total. The molecule has 0 amide bonds. The third kappa shape index (κ3) is 3.72. The lowest BCUT2D eigenvalue weighted by molar-refractivity contribution is 0.126. The lowest BCUT2D eigenvalue weighted by Crippen LogP contribution is -2.28. The number of hydrogen-bond donors (Lipinski definition) is 2. The zero-order valence-electron chi connectivity index (χ0n) is 11.4. The van der Waals surface area contributed by atoms with Gasteiger partial charge in [0.2, 0.25) is 0 Å². The summed E-state index contributed by atoms with van der Waals surface area (Å²) in [4.78, 5) is 2.19. The molecule has 1 aromatic rings. The Kier molecular flexibility index (Phi) is 4.61. The van der Waals surface area contributed by atoms with Crippen LogP contribution in [0.25, 0.3) is 0 Å². The molecule has 0 aromatic heterocycles. The van der Waals surface area contributed by atoms with Gasteiger partial charge in [0.05, 0.1) is 6.10 Å². The first-order valence-electron chi connectivity index (χ1n) is 6.82. The smallest absolute Gasteiger partial charge is 0.0541 e. The number of aliphatic hydroxyl groups is 1. The summed E-state index contributed by atoms with van der Waals surface area (Å²) >= 11 is 0. The third-order valence-electron chi connectivity index (χ3n) is 3.56. The van der Waals surface area contributed by atoms with Gasteiger partial charge >= 0.3 is 0 Å². The second kappa shape index (κ2) is 6.21. The summed E-state index contributed by atoms with van der Waals surface area (Å²) in [5.74, 6) is 0. The molecule has 1 aliphatic carbocycles. The van der Waals surface area contributed by atoms with E-state index in [0.29, 0.717) is 6.04 Å². The normalized spacial score (nSPS) is 24.2. The summed E-state index contributed by atoms with van der Waals surface area (Å²) in [5, 5.41) is 13.2. The molecule has 0 unspecified atom stereocenters. The highest BCUT2D eigenvalue weighted by Crippen LogP contribution is 2.24. The number of nitrogens with zero attached hydrogens (tertiary/aromatic N) is 1. The molecule has 1 saturated carbocycles. The van der Waals surface area contributed by atoms with Crippen LogP contribution < -0.4 is 5.32 Å². The molecule has 18 heavy (non-hydrogen) atoms. The van der Waals surface area contributed by atoms with E-state index in [9.17, 15) is 5.11 Å². The Bertz CT molecular complexity index is 371. The number of hydrogen-bond acceptors (Lipinski definition) is 3. The van der Waals surface area contributed by atoms with Crippen molar-refractivity contribution >= 4 is 5.69 Å². The van der Waals surface area contributed by atoms with Crippen LogP contribution in [0.2, 0.25) is 0 Å². The van der Waals surface area contributed by atoms with Crippen LogP contribution in [-0.2, 0) is 6.54 Å². The van der Waals surface area contributed by atoms with Crippen LogP contribution in [0, 0.1) is 0 Å². The summed E-state index contributed by atoms with van der Waals surface area (Å²) < 4.78 is 0. The third-order valence-corrected chi connectivity index (χ3v) is 3.56. The van der Waals surface area contributed by atoms with Crippen LogP contribution in [-0.4, -0.2) is 36.2 Å². The van der Waals surface area contributed by atoms with E-state index in [1.807, 2.05) is 0 Å². The van der Waals surface area contributed by atoms with Crippen molar-refractivity contribution in [2.45, 2.75) is 44.4 Å². The van der Waals surface area contributed by atoms with Gasteiger partial charge in [0.25, 0.3) is 0 Å². The Morgan fingerprint density at radius 1 is 1.17 bits per heavy atom. The molecule has 0 radical (unpaired) electrons. The molecular formula is C15H24N2O. The van der Waals surface area contributed by atoms with Gasteiger partial charge in [-0.3, -0.25) is 0 Å². The van der Waals surface area contributed by atoms with Gasteiger partial charge in [-0.2, -0.15) is 0 Å². The van der Waals surface area contributed by atoms with Crippen molar-refractivity contribution in [3.8, 4) is 0 Å². The van der Waals surface area contributed by atoms with Crippen molar-refractivity contribution in [1.29, 1.82) is 0 Å². The fourth-order valence-corrected chi connectivity index (χ4v) is 2.58. The number of benzene rings is 1. The van der Waals surface area contributed by atoms with Gasteiger partial charge in [-0.05, 0) is 51.4 Å². The van der Waals surface area contributed by atoms with Crippen LogP contribution in [0.5, 0.6) is 0 Å². The monoisotopic (exact) mass is 248 g/mol. The van der Waals surface area contributed by atoms with E-state index < -0.39 is 0 Å². The number of para-hydroxylation sites is 1. The maximum atomic E-state index is 9.53. The van der Waals surface area contributed by atoms with Crippen molar-refractivity contribution in [1.82, 2.24) is 4.90 Å². The van der Waals surface area contributed by atoms with Crippen LogP contribution in [0.15, 0.2) is 24.3 Å². The minimum atomic E-state index is -0.0833. The van der Waals surface area contributed by atoms with Crippen LogP contribution in [0.4, 0.5) is 5.69 Å². The minimum Gasteiger partial charge on any atom is -0.393 e. The van der Waals surface area contributed by atoms with E-state index in [1.165, 1.54) is 11.3 Å². The summed E-state index contributed by atoms with van der Waals surface area (Å²) in [6.45, 7) is 0.957. The Balaban J connectivity index is 2.00. The van der Waals surface area contributed by atoms with Crippen molar-refractivity contribution in [2.24, 2.45) is 0 Å². The highest BCUT2D eigenvalue weighted by atomic mass is 16.3. The Morgan fingerprint density at radius 2 is 1.83 bits per heavy atom. The molecule has 1 aromatic carbocycles. The molecule has 1 fully saturated rings. The maximum absolute atomic E-state index is 9.53. The first-order valence-corrected chi connectivity index (χ1v) is 6.82. The molecular weight excluding hydrogens is 224 g/mol. The summed E-state index contributed by atoms with van der Waals surface area (Å²) in [7, 11) is 4.18. The average molecular weight is 248 g/mol. The van der Waals surface area contributed by atoms with Crippen LogP contribution in [0.1, 0.15) is 31.2 Å². The fraction of sp³-hybridized carbons (Fsp3) is 0.600. The van der Waals surface area contributed by atoms with Gasteiger partial charge in [0.15, 0.2) is 0 Å². The second-order valence-corrected chi connectivity index (χ2v) is 5.54. The summed E-state index contributed by atoms with van der Waals surface area (Å²) in [5.41, 5.74) is 2.58. The molecule has 0 heterocycles. The Morgan fingerprint density at radius 3 is 2.50 bits per heavy atom. The molecule has 0 spiro atoms. The van der Waals surface area contributed by atoms with Gasteiger partial charge < -0.3 is 15.3 Å². The van der Waals surface area contributed by atoms with E-state index in [1.54, 1.807) is 0 Å². The molecule has 0 saturated heterocycles. The SMILES string of the molecule is CN(C)Cc1ccccc1NC1CCC(O)CC1. The predicted molar refractivity (Wildman–Crippen MR) is 75.7 cm³/mol. The lowest BCUT2D eigenvalue weighted by atomic mass is 9.93. The molecule has 2 rings (SSSR count). The highest BCUT2D eigenvalue weighted by Gasteiger charge is 2.19. The summed E-state index contributed by atoms with van der Waals surface area (Å²) in [6, 6.07) is 9.02. The second-order valence-electron chi connectivity index (χ2n) is 5.54. The van der Waals surface area contributed by atoms with E-state index >= 15 is 0 Å². The standard InChI is InChI=1S/C15H24N2O/c1-17(2)11-12-5-3-4-6-15(12)16-13-7-9-14(18)10-8-13/h3-6,13-14,16,18H,7-11H2,1-2H3. The molecule has 3 nitrogen and oxygen atoms in total. The number of nitrogens with one attached hydrogen (secondary N) is 1. The van der Waals surface area contributed by atoms with Crippen molar-refractivity contribution in [2.75, 3.05) is 19.4 Å². The van der Waals surface area contributed by atoms with Crippen LogP contribution in [0.3, 0.4) is 0 Å². The largest absolute Gasteiger partial charge is 0.393 e. The topological polar surface area (TPSA) is 35.5 Å². The molecule has 0 bridgehead atoms. The van der Waals surface area contributed by atoms with Crippen molar-refractivity contribution in [3.63, 3.8) is 0 Å². The predicted octanol–water partition coefficient (Wildman–Crippen LogP) is 2.46. The summed E-state index contributed by atoms with van der Waals surface area (Å²) in [6.07, 6.45) is 3.90. The maximum Gasteiger partial charge on any atom is 0.0541 e. The van der Waals surface area contributed by atoms with Gasteiger partial charge in [0.1, 0.15) is 0 Å². The minimum absolute atomic E-state index is 0.0833. The number of rotatable bonds is 4. The molecule has 1 aliphatic rings. The van der Waals surface area contributed by atoms with Gasteiger partial charge in [-0.1, -0.05) is 18.2 Å². The Labute approximate surface area is 110 Å². The van der Waals surface area contributed by atoms with Gasteiger partial charge in [-0.15, -0.1) is 0 Å². The first kappa shape index (κ1) is 13.4. The van der Waals surface area contributed by atoms with Crippen molar-refractivity contribution in [3.05, 3.63) is 29.8 Å². The van der Waals surface area contributed by atoms with Crippen molar-refractivity contribution < 1.29 is 5.11 Å². The zero-order valence-corrected chi connectivity index (χ0v) is 11.4. The highest BCUT2D eigenvalue weighted by molar-refractivity contribution is 5.51. The number of anilines is 1. The van der Waals surface area contributed by atoms with Crippen LogP contribution >= 0.6 is 0 Å². The molecule has 3 heteroatoms. The Hall–Kier alpha value is -1.06. The van der Waals surface area contributed by atoms with Gasteiger partial charge in [0, 0.05) is 18.3 Å². The lowest BCUT2D eigenvalue weighted by Gasteiger charge is -2.28. The van der Waals surface area contributed by atoms with E-state index in [4.69, 9.17) is 0 Å². The van der Waals surface area contributed by atoms with E-state index in [0.717, 1.165) is 32.2 Å². The molecule has 0 aliphatic heterocycles. The molecule has 100 valence electrons. The number of aliphatic hydroxyl groups excluding tert-OH is 1. The van der Waals surface area contributed by atoms with Gasteiger partial charge in [-0.25, -0.2) is 0 Å². The van der Waals surface area contributed by atoms with E-state index in [2.05, 4.69) is 48.6 Å². The quantitative estimate of drug-likeness (QED) is 0.859. The molecule has 0 atom stereocenters. The fourth-order valence-electron chi connectivity index (χ4n) is 2.58. The zero-order chi connectivity index (χ0) is 13.0.